The maximum atomic E-state index is 11.2. The molecule has 0 aromatic carbocycles. The zero-order chi connectivity index (χ0) is 11.9. The van der Waals surface area contributed by atoms with Crippen LogP contribution in [0.5, 0.6) is 0 Å². The van der Waals surface area contributed by atoms with E-state index in [-0.39, 0.29) is 11.3 Å². The molecule has 0 aliphatic carbocycles. The fraction of sp³-hybridized carbons (Fsp3) is 0.909. The summed E-state index contributed by atoms with van der Waals surface area (Å²) in [4.78, 5) is 11.2. The lowest BCUT2D eigenvalue weighted by molar-refractivity contribution is -0.121. The second-order valence-corrected chi connectivity index (χ2v) is 5.39. The summed E-state index contributed by atoms with van der Waals surface area (Å²) < 4.78 is 0. The standard InChI is InChI=1S/C11H22ClNO2/c1-11(2,3)7-9(14)8-13-10(15)5-4-6-12/h9,14H,4-8H2,1-3H3,(H,13,15). The van der Waals surface area contributed by atoms with Crippen molar-refractivity contribution in [2.75, 3.05) is 12.4 Å². The van der Waals surface area contributed by atoms with E-state index in [2.05, 4.69) is 26.1 Å². The third-order valence-electron chi connectivity index (χ3n) is 1.92. The molecule has 0 aliphatic heterocycles. The van der Waals surface area contributed by atoms with Crippen LogP contribution in [0.4, 0.5) is 0 Å². The van der Waals surface area contributed by atoms with E-state index >= 15 is 0 Å². The van der Waals surface area contributed by atoms with E-state index in [0.29, 0.717) is 31.7 Å². The first-order chi connectivity index (χ1) is 6.85. The van der Waals surface area contributed by atoms with E-state index < -0.39 is 6.10 Å². The van der Waals surface area contributed by atoms with Crippen molar-refractivity contribution in [1.82, 2.24) is 5.32 Å². The van der Waals surface area contributed by atoms with Crippen LogP contribution in [0.3, 0.4) is 0 Å². The van der Waals surface area contributed by atoms with E-state index in [1.54, 1.807) is 0 Å². The third kappa shape index (κ3) is 10.0. The highest BCUT2D eigenvalue weighted by Gasteiger charge is 2.16. The number of carbonyl (C=O) groups is 1. The quantitative estimate of drug-likeness (QED) is 0.691. The van der Waals surface area contributed by atoms with Gasteiger partial charge in [-0.3, -0.25) is 4.79 Å². The Morgan fingerprint density at radius 1 is 1.47 bits per heavy atom. The number of rotatable bonds is 6. The molecule has 0 bridgehead atoms. The van der Waals surface area contributed by atoms with Crippen molar-refractivity contribution in [3.8, 4) is 0 Å². The van der Waals surface area contributed by atoms with Crippen LogP contribution in [0.15, 0.2) is 0 Å². The molecule has 0 radical (unpaired) electrons. The highest BCUT2D eigenvalue weighted by atomic mass is 35.5. The summed E-state index contributed by atoms with van der Waals surface area (Å²) in [6, 6.07) is 0. The lowest BCUT2D eigenvalue weighted by Gasteiger charge is -2.22. The van der Waals surface area contributed by atoms with Gasteiger partial charge in [-0.05, 0) is 18.3 Å². The van der Waals surface area contributed by atoms with Gasteiger partial charge in [0.05, 0.1) is 6.10 Å². The number of aliphatic hydroxyl groups excluding tert-OH is 1. The first kappa shape index (κ1) is 14.7. The molecule has 15 heavy (non-hydrogen) atoms. The molecular formula is C11H22ClNO2. The zero-order valence-corrected chi connectivity index (χ0v) is 10.6. The Hall–Kier alpha value is -0.280. The van der Waals surface area contributed by atoms with Gasteiger partial charge in [0.15, 0.2) is 0 Å². The van der Waals surface area contributed by atoms with E-state index in [1.165, 1.54) is 0 Å². The Labute approximate surface area is 97.2 Å². The van der Waals surface area contributed by atoms with Gasteiger partial charge in [-0.1, -0.05) is 20.8 Å². The number of aliphatic hydroxyl groups is 1. The zero-order valence-electron chi connectivity index (χ0n) is 9.85. The lowest BCUT2D eigenvalue weighted by Crippen LogP contribution is -2.34. The molecule has 1 unspecified atom stereocenters. The first-order valence-electron chi connectivity index (χ1n) is 5.36. The fourth-order valence-corrected chi connectivity index (χ4v) is 1.46. The molecule has 0 spiro atoms. The summed E-state index contributed by atoms with van der Waals surface area (Å²) in [7, 11) is 0. The van der Waals surface area contributed by atoms with Crippen LogP contribution >= 0.6 is 11.6 Å². The molecule has 0 heterocycles. The minimum absolute atomic E-state index is 0.0383. The first-order valence-corrected chi connectivity index (χ1v) is 5.89. The number of hydrogen-bond donors (Lipinski definition) is 2. The van der Waals surface area contributed by atoms with Crippen LogP contribution in [-0.2, 0) is 4.79 Å². The van der Waals surface area contributed by atoms with Gasteiger partial charge in [-0.2, -0.15) is 0 Å². The molecule has 1 atom stereocenters. The van der Waals surface area contributed by atoms with Crippen LogP contribution in [0.1, 0.15) is 40.0 Å². The molecule has 0 aliphatic rings. The predicted octanol–water partition coefficient (Wildman–Crippen LogP) is 1.92. The Balaban J connectivity index is 3.62. The summed E-state index contributed by atoms with van der Waals surface area (Å²) in [5, 5.41) is 12.3. The maximum absolute atomic E-state index is 11.2. The number of amides is 1. The van der Waals surface area contributed by atoms with Crippen molar-refractivity contribution in [3.05, 3.63) is 0 Å². The molecule has 1 amide bonds. The minimum Gasteiger partial charge on any atom is -0.391 e. The molecular weight excluding hydrogens is 214 g/mol. The van der Waals surface area contributed by atoms with Crippen molar-refractivity contribution in [3.63, 3.8) is 0 Å². The number of nitrogens with one attached hydrogen (secondary N) is 1. The van der Waals surface area contributed by atoms with E-state index in [9.17, 15) is 9.90 Å². The monoisotopic (exact) mass is 235 g/mol. The van der Waals surface area contributed by atoms with Crippen molar-refractivity contribution in [1.29, 1.82) is 0 Å². The van der Waals surface area contributed by atoms with E-state index in [4.69, 9.17) is 11.6 Å². The highest BCUT2D eigenvalue weighted by Crippen LogP contribution is 2.20. The average molecular weight is 236 g/mol. The van der Waals surface area contributed by atoms with Gasteiger partial charge in [-0.15, -0.1) is 11.6 Å². The average Bonchev–Trinajstić information content (AvgIpc) is 2.08. The van der Waals surface area contributed by atoms with Crippen LogP contribution in [0.25, 0.3) is 0 Å². The highest BCUT2D eigenvalue weighted by molar-refractivity contribution is 6.17. The van der Waals surface area contributed by atoms with Crippen molar-refractivity contribution >= 4 is 17.5 Å². The van der Waals surface area contributed by atoms with Crippen molar-refractivity contribution < 1.29 is 9.90 Å². The maximum Gasteiger partial charge on any atom is 0.220 e. The second kappa shape index (κ2) is 7.07. The fourth-order valence-electron chi connectivity index (χ4n) is 1.33. The molecule has 3 nitrogen and oxygen atoms in total. The lowest BCUT2D eigenvalue weighted by atomic mass is 9.89. The van der Waals surface area contributed by atoms with Gasteiger partial charge in [0.25, 0.3) is 0 Å². The van der Waals surface area contributed by atoms with E-state index in [1.807, 2.05) is 0 Å². The Morgan fingerprint density at radius 3 is 2.53 bits per heavy atom. The summed E-state index contributed by atoms with van der Waals surface area (Å²) in [6.07, 6.45) is 1.34. The summed E-state index contributed by atoms with van der Waals surface area (Å²) in [6.45, 7) is 6.51. The van der Waals surface area contributed by atoms with Crippen LogP contribution in [0.2, 0.25) is 0 Å². The summed E-state index contributed by atoms with van der Waals surface area (Å²) in [5.41, 5.74) is 0.0836. The van der Waals surface area contributed by atoms with Crippen LogP contribution in [-0.4, -0.2) is 29.5 Å². The largest absolute Gasteiger partial charge is 0.391 e. The van der Waals surface area contributed by atoms with Gasteiger partial charge >= 0.3 is 0 Å². The van der Waals surface area contributed by atoms with E-state index in [0.717, 1.165) is 0 Å². The number of hydrogen-bond acceptors (Lipinski definition) is 2. The number of carbonyl (C=O) groups excluding carboxylic acids is 1. The Morgan fingerprint density at radius 2 is 2.07 bits per heavy atom. The molecule has 90 valence electrons. The molecule has 0 aromatic heterocycles. The Bertz CT molecular complexity index is 190. The third-order valence-corrected chi connectivity index (χ3v) is 2.19. The predicted molar refractivity (Wildman–Crippen MR) is 63.0 cm³/mol. The van der Waals surface area contributed by atoms with Gasteiger partial charge < -0.3 is 10.4 Å². The number of halogens is 1. The van der Waals surface area contributed by atoms with Crippen molar-refractivity contribution in [2.24, 2.45) is 5.41 Å². The van der Waals surface area contributed by atoms with Gasteiger partial charge in [0, 0.05) is 18.8 Å². The van der Waals surface area contributed by atoms with Crippen LogP contribution in [0, 0.1) is 5.41 Å². The SMILES string of the molecule is CC(C)(C)CC(O)CNC(=O)CCCCl. The summed E-state index contributed by atoms with van der Waals surface area (Å²) >= 11 is 5.47. The normalized spacial score (nSPS) is 13.7. The molecule has 0 saturated heterocycles. The molecule has 4 heteroatoms. The van der Waals surface area contributed by atoms with Gasteiger partial charge in [0.1, 0.15) is 0 Å². The molecule has 0 rings (SSSR count). The van der Waals surface area contributed by atoms with Gasteiger partial charge in [-0.25, -0.2) is 0 Å². The van der Waals surface area contributed by atoms with Crippen molar-refractivity contribution in [2.45, 2.75) is 46.1 Å². The smallest absolute Gasteiger partial charge is 0.220 e. The number of alkyl halides is 1. The topological polar surface area (TPSA) is 49.3 Å². The molecule has 2 N–H and O–H groups in total. The van der Waals surface area contributed by atoms with Gasteiger partial charge in [0.2, 0.25) is 5.91 Å². The summed E-state index contributed by atoms with van der Waals surface area (Å²) in [5.74, 6) is 0.460. The minimum atomic E-state index is -0.468. The Kier molecular flexibility index (Phi) is 6.94. The molecule has 0 aromatic rings. The second-order valence-electron chi connectivity index (χ2n) is 5.02. The van der Waals surface area contributed by atoms with Crippen LogP contribution < -0.4 is 5.32 Å². The molecule has 0 fully saturated rings. The molecule has 0 saturated carbocycles.